The van der Waals surface area contributed by atoms with Crippen LogP contribution in [0.3, 0.4) is 0 Å². The lowest BCUT2D eigenvalue weighted by atomic mass is 9.86. The molecule has 0 aromatic heterocycles. The zero-order valence-corrected chi connectivity index (χ0v) is 10.7. The molecule has 0 spiro atoms. The van der Waals surface area contributed by atoms with Crippen LogP contribution in [0.5, 0.6) is 0 Å². The summed E-state index contributed by atoms with van der Waals surface area (Å²) in [6.07, 6.45) is -11.9. The molecule has 0 saturated heterocycles. The van der Waals surface area contributed by atoms with Gasteiger partial charge in [0, 0.05) is 11.6 Å². The van der Waals surface area contributed by atoms with Crippen LogP contribution in [0.15, 0.2) is 0 Å². The SMILES string of the molecule is CCC(C)NC(CC)(CC(F)(F)F)CC(F)(F)F. The van der Waals surface area contributed by atoms with Crippen LogP contribution in [0, 0.1) is 0 Å². The minimum absolute atomic E-state index is 0.226. The molecule has 0 aliphatic carbocycles. The predicted molar refractivity (Wildman–Crippen MR) is 57.3 cm³/mol. The maximum Gasteiger partial charge on any atom is 0.390 e. The number of halogens is 6. The van der Waals surface area contributed by atoms with E-state index in [9.17, 15) is 26.3 Å². The van der Waals surface area contributed by atoms with Crippen molar-refractivity contribution < 1.29 is 26.3 Å². The third-order valence-corrected chi connectivity index (χ3v) is 2.92. The topological polar surface area (TPSA) is 12.0 Å². The Kier molecular flexibility index (Phi) is 5.97. The highest BCUT2D eigenvalue weighted by Gasteiger charge is 2.48. The number of rotatable bonds is 6. The summed E-state index contributed by atoms with van der Waals surface area (Å²) in [4.78, 5) is 0. The lowest BCUT2D eigenvalue weighted by molar-refractivity contribution is -0.183. The minimum Gasteiger partial charge on any atom is -0.308 e. The number of hydrogen-bond donors (Lipinski definition) is 1. The molecule has 0 aromatic rings. The summed E-state index contributed by atoms with van der Waals surface area (Å²) in [7, 11) is 0. The van der Waals surface area contributed by atoms with Gasteiger partial charge in [0.15, 0.2) is 0 Å². The monoisotopic (exact) mass is 279 g/mol. The first kappa shape index (κ1) is 17.5. The van der Waals surface area contributed by atoms with Gasteiger partial charge in [0.05, 0.1) is 12.8 Å². The van der Waals surface area contributed by atoms with E-state index in [1.54, 1.807) is 13.8 Å². The Balaban J connectivity index is 5.07. The van der Waals surface area contributed by atoms with Gasteiger partial charge in [-0.25, -0.2) is 0 Å². The van der Waals surface area contributed by atoms with E-state index in [0.29, 0.717) is 6.42 Å². The predicted octanol–water partition coefficient (Wildman–Crippen LogP) is 4.43. The molecule has 0 aliphatic heterocycles. The summed E-state index contributed by atoms with van der Waals surface area (Å²) >= 11 is 0. The van der Waals surface area contributed by atoms with Crippen LogP contribution in [0.2, 0.25) is 0 Å². The molecule has 0 rings (SSSR count). The first-order valence-electron chi connectivity index (χ1n) is 5.84. The van der Waals surface area contributed by atoms with Gasteiger partial charge in [0.1, 0.15) is 0 Å². The molecule has 0 bridgehead atoms. The fourth-order valence-corrected chi connectivity index (χ4v) is 1.91. The normalized spacial score (nSPS) is 15.8. The molecule has 0 amide bonds. The highest BCUT2D eigenvalue weighted by atomic mass is 19.4. The molecular formula is C11H19F6N. The smallest absolute Gasteiger partial charge is 0.308 e. The molecule has 0 fully saturated rings. The van der Waals surface area contributed by atoms with E-state index in [2.05, 4.69) is 5.32 Å². The molecular weight excluding hydrogens is 260 g/mol. The van der Waals surface area contributed by atoms with E-state index in [1.807, 2.05) is 0 Å². The molecule has 1 N–H and O–H groups in total. The van der Waals surface area contributed by atoms with Crippen molar-refractivity contribution in [1.29, 1.82) is 0 Å². The molecule has 0 aliphatic rings. The second kappa shape index (κ2) is 6.12. The number of nitrogens with one attached hydrogen (secondary N) is 1. The maximum absolute atomic E-state index is 12.5. The largest absolute Gasteiger partial charge is 0.390 e. The number of hydrogen-bond acceptors (Lipinski definition) is 1. The van der Waals surface area contributed by atoms with Crippen LogP contribution in [0.1, 0.15) is 46.5 Å². The van der Waals surface area contributed by atoms with Crippen LogP contribution in [-0.2, 0) is 0 Å². The van der Waals surface area contributed by atoms with Gasteiger partial charge in [-0.3, -0.25) is 0 Å². The van der Waals surface area contributed by atoms with Crippen molar-refractivity contribution in [2.45, 2.75) is 70.4 Å². The summed E-state index contributed by atoms with van der Waals surface area (Å²) < 4.78 is 74.8. The summed E-state index contributed by atoms with van der Waals surface area (Å²) in [6.45, 7) is 4.63. The third kappa shape index (κ3) is 7.08. The summed E-state index contributed by atoms with van der Waals surface area (Å²) in [5.41, 5.74) is -1.97. The highest BCUT2D eigenvalue weighted by molar-refractivity contribution is 4.93. The molecule has 0 aromatic carbocycles. The van der Waals surface area contributed by atoms with Crippen molar-refractivity contribution >= 4 is 0 Å². The van der Waals surface area contributed by atoms with Gasteiger partial charge >= 0.3 is 12.4 Å². The van der Waals surface area contributed by atoms with E-state index in [1.165, 1.54) is 6.92 Å². The summed E-state index contributed by atoms with van der Waals surface area (Å²) in [5, 5.41) is 2.50. The van der Waals surface area contributed by atoms with Crippen molar-refractivity contribution in [3.05, 3.63) is 0 Å². The van der Waals surface area contributed by atoms with Crippen LogP contribution >= 0.6 is 0 Å². The van der Waals surface area contributed by atoms with Gasteiger partial charge in [-0.05, 0) is 19.8 Å². The Morgan fingerprint density at radius 1 is 0.889 bits per heavy atom. The quantitative estimate of drug-likeness (QED) is 0.709. The van der Waals surface area contributed by atoms with Crippen LogP contribution in [0.25, 0.3) is 0 Å². The lowest BCUT2D eigenvalue weighted by Gasteiger charge is -2.38. The van der Waals surface area contributed by atoms with Gasteiger partial charge in [-0.2, -0.15) is 26.3 Å². The molecule has 0 saturated carbocycles. The van der Waals surface area contributed by atoms with Crippen molar-refractivity contribution in [3.63, 3.8) is 0 Å². The van der Waals surface area contributed by atoms with Gasteiger partial charge in [0.25, 0.3) is 0 Å². The first-order chi connectivity index (χ1) is 7.93. The minimum atomic E-state index is -4.62. The molecule has 110 valence electrons. The first-order valence-corrected chi connectivity index (χ1v) is 5.84. The van der Waals surface area contributed by atoms with Gasteiger partial charge < -0.3 is 5.32 Å². The van der Waals surface area contributed by atoms with Crippen LogP contribution in [-0.4, -0.2) is 23.9 Å². The molecule has 1 nitrogen and oxygen atoms in total. The summed E-state index contributed by atoms with van der Waals surface area (Å²) in [5.74, 6) is 0. The van der Waals surface area contributed by atoms with Crippen LogP contribution in [0.4, 0.5) is 26.3 Å². The van der Waals surface area contributed by atoms with E-state index in [0.717, 1.165) is 0 Å². The molecule has 0 radical (unpaired) electrons. The van der Waals surface area contributed by atoms with Crippen LogP contribution < -0.4 is 5.32 Å². The van der Waals surface area contributed by atoms with E-state index >= 15 is 0 Å². The Labute approximate surface area is 103 Å². The van der Waals surface area contributed by atoms with Crippen molar-refractivity contribution in [2.75, 3.05) is 0 Å². The Morgan fingerprint density at radius 3 is 1.50 bits per heavy atom. The second-order valence-electron chi connectivity index (χ2n) is 4.67. The summed E-state index contributed by atoms with van der Waals surface area (Å²) in [6, 6.07) is -0.394. The highest BCUT2D eigenvalue weighted by Crippen LogP contribution is 2.38. The molecule has 1 atom stereocenters. The Bertz CT molecular complexity index is 229. The molecule has 18 heavy (non-hydrogen) atoms. The van der Waals surface area contributed by atoms with Gasteiger partial charge in [-0.1, -0.05) is 13.8 Å². The van der Waals surface area contributed by atoms with Crippen molar-refractivity contribution in [1.82, 2.24) is 5.32 Å². The van der Waals surface area contributed by atoms with Gasteiger partial charge in [0.2, 0.25) is 0 Å². The van der Waals surface area contributed by atoms with E-state index < -0.39 is 36.8 Å². The third-order valence-electron chi connectivity index (χ3n) is 2.92. The number of alkyl halides is 6. The van der Waals surface area contributed by atoms with E-state index in [4.69, 9.17) is 0 Å². The fourth-order valence-electron chi connectivity index (χ4n) is 1.91. The zero-order valence-electron chi connectivity index (χ0n) is 10.7. The molecule has 7 heteroatoms. The van der Waals surface area contributed by atoms with E-state index in [-0.39, 0.29) is 6.42 Å². The average Bonchev–Trinajstić information content (AvgIpc) is 2.12. The van der Waals surface area contributed by atoms with Gasteiger partial charge in [-0.15, -0.1) is 0 Å². The standard InChI is InChI=1S/C11H19F6N/c1-4-8(3)18-9(5-2,6-10(12,13)14)7-11(15,16)17/h8,18H,4-7H2,1-3H3. The van der Waals surface area contributed by atoms with Crippen molar-refractivity contribution in [3.8, 4) is 0 Å². The maximum atomic E-state index is 12.5. The fraction of sp³-hybridized carbons (Fsp3) is 1.00. The van der Waals surface area contributed by atoms with Crippen molar-refractivity contribution in [2.24, 2.45) is 0 Å². The Morgan fingerprint density at radius 2 is 1.28 bits per heavy atom. The lowest BCUT2D eigenvalue weighted by Crippen LogP contribution is -2.53. The molecule has 0 heterocycles. The zero-order chi connectivity index (χ0) is 14.6. The Hall–Kier alpha value is -0.460. The molecule has 1 unspecified atom stereocenters. The average molecular weight is 279 g/mol. The second-order valence-corrected chi connectivity index (χ2v) is 4.67.